The highest BCUT2D eigenvalue weighted by Gasteiger charge is 2.30. The van der Waals surface area contributed by atoms with Gasteiger partial charge in [-0.15, -0.1) is 0 Å². The van der Waals surface area contributed by atoms with Crippen LogP contribution in [0.4, 0.5) is 0 Å². The quantitative estimate of drug-likeness (QED) is 0.668. The fraction of sp³-hybridized carbons (Fsp3) is 0.435. The summed E-state index contributed by atoms with van der Waals surface area (Å²) in [4.78, 5) is 26.8. The molecule has 2 aliphatic rings. The van der Waals surface area contributed by atoms with Crippen LogP contribution in [0, 0.1) is 0 Å². The van der Waals surface area contributed by atoms with E-state index >= 15 is 0 Å². The molecule has 0 aromatic carbocycles. The van der Waals surface area contributed by atoms with E-state index in [-0.39, 0.29) is 5.91 Å². The summed E-state index contributed by atoms with van der Waals surface area (Å²) in [5.74, 6) is 0.00642. The minimum absolute atomic E-state index is 0.00642. The molecule has 2 fully saturated rings. The van der Waals surface area contributed by atoms with Gasteiger partial charge in [0.15, 0.2) is 5.69 Å². The third kappa shape index (κ3) is 3.70. The van der Waals surface area contributed by atoms with Crippen LogP contribution in [0.25, 0.3) is 5.65 Å². The number of ether oxygens (including phenoxy) is 1. The molecule has 0 bridgehead atoms. The third-order valence-corrected chi connectivity index (χ3v) is 6.17. The van der Waals surface area contributed by atoms with E-state index in [4.69, 9.17) is 9.72 Å². The Morgan fingerprint density at radius 1 is 1.10 bits per heavy atom. The van der Waals surface area contributed by atoms with Gasteiger partial charge >= 0.3 is 0 Å². The molecule has 3 aromatic heterocycles. The molecule has 1 unspecified atom stereocenters. The predicted molar refractivity (Wildman–Crippen MR) is 113 cm³/mol. The van der Waals surface area contributed by atoms with Gasteiger partial charge < -0.3 is 14.0 Å². The van der Waals surface area contributed by atoms with E-state index in [0.717, 1.165) is 24.3 Å². The van der Waals surface area contributed by atoms with Gasteiger partial charge in [0.2, 0.25) is 0 Å². The lowest BCUT2D eigenvalue weighted by Crippen LogP contribution is -2.41. The first kappa shape index (κ1) is 19.2. The summed E-state index contributed by atoms with van der Waals surface area (Å²) in [7, 11) is 0. The van der Waals surface area contributed by atoms with Gasteiger partial charge in [-0.3, -0.25) is 14.7 Å². The van der Waals surface area contributed by atoms with Gasteiger partial charge in [-0.1, -0.05) is 18.6 Å². The van der Waals surface area contributed by atoms with Crippen molar-refractivity contribution in [3.05, 3.63) is 65.9 Å². The maximum atomic E-state index is 13.3. The maximum absolute atomic E-state index is 13.3. The van der Waals surface area contributed by atoms with Crippen molar-refractivity contribution < 1.29 is 9.53 Å². The number of aromatic nitrogens is 3. The van der Waals surface area contributed by atoms with Crippen molar-refractivity contribution in [1.29, 1.82) is 0 Å². The van der Waals surface area contributed by atoms with E-state index in [2.05, 4.69) is 20.4 Å². The van der Waals surface area contributed by atoms with Crippen LogP contribution < -0.4 is 0 Å². The molecular formula is C23H27N5O2. The van der Waals surface area contributed by atoms with Gasteiger partial charge in [0.05, 0.1) is 18.9 Å². The summed E-state index contributed by atoms with van der Waals surface area (Å²) >= 11 is 0. The van der Waals surface area contributed by atoms with Crippen LogP contribution >= 0.6 is 0 Å². The largest absolute Gasteiger partial charge is 0.378 e. The number of carbonyl (C=O) groups is 1. The Hall–Kier alpha value is -2.77. The number of likely N-dealkylation sites (tertiary alicyclic amines) is 1. The number of hydrogen-bond donors (Lipinski definition) is 0. The molecule has 7 heteroatoms. The molecule has 0 saturated carbocycles. The van der Waals surface area contributed by atoms with E-state index in [1.165, 1.54) is 18.4 Å². The Labute approximate surface area is 176 Å². The Kier molecular flexibility index (Phi) is 5.46. The van der Waals surface area contributed by atoms with Crippen LogP contribution in [0.2, 0.25) is 0 Å². The number of piperidine rings is 1. The number of hydrogen-bond acceptors (Lipinski definition) is 5. The minimum Gasteiger partial charge on any atom is -0.378 e. The van der Waals surface area contributed by atoms with Crippen molar-refractivity contribution in [2.75, 3.05) is 32.8 Å². The van der Waals surface area contributed by atoms with Gasteiger partial charge in [0.1, 0.15) is 5.65 Å². The molecule has 30 heavy (non-hydrogen) atoms. The maximum Gasteiger partial charge on any atom is 0.274 e. The second-order valence-electron chi connectivity index (χ2n) is 8.01. The zero-order chi connectivity index (χ0) is 20.3. The molecule has 0 spiro atoms. The monoisotopic (exact) mass is 405 g/mol. The van der Waals surface area contributed by atoms with Crippen LogP contribution in [-0.4, -0.2) is 62.9 Å². The molecule has 7 nitrogen and oxygen atoms in total. The lowest BCUT2D eigenvalue weighted by molar-refractivity contribution is 0.0297. The van der Waals surface area contributed by atoms with Gasteiger partial charge in [0, 0.05) is 44.3 Å². The second-order valence-corrected chi connectivity index (χ2v) is 8.01. The summed E-state index contributed by atoms with van der Waals surface area (Å²) in [6, 6.07) is 10.4. The van der Waals surface area contributed by atoms with E-state index in [0.29, 0.717) is 44.6 Å². The molecule has 0 radical (unpaired) electrons. The molecule has 5 heterocycles. The lowest BCUT2D eigenvalue weighted by atomic mass is 9.96. The van der Waals surface area contributed by atoms with Gasteiger partial charge in [-0.05, 0) is 43.1 Å². The third-order valence-electron chi connectivity index (χ3n) is 6.17. The topological polar surface area (TPSA) is 63.0 Å². The van der Waals surface area contributed by atoms with E-state index < -0.39 is 0 Å². The van der Waals surface area contributed by atoms with Crippen LogP contribution in [0.15, 0.2) is 48.9 Å². The fourth-order valence-electron chi connectivity index (χ4n) is 4.61. The van der Waals surface area contributed by atoms with Gasteiger partial charge in [0.25, 0.3) is 5.91 Å². The molecule has 5 rings (SSSR count). The Balaban J connectivity index is 1.50. The van der Waals surface area contributed by atoms with Crippen molar-refractivity contribution in [2.24, 2.45) is 0 Å². The molecule has 0 aliphatic carbocycles. The fourth-order valence-corrected chi connectivity index (χ4v) is 4.61. The molecule has 156 valence electrons. The molecule has 3 aromatic rings. The minimum atomic E-state index is 0.00642. The molecule has 2 aliphatic heterocycles. The first-order valence-electron chi connectivity index (χ1n) is 10.8. The average Bonchev–Trinajstić information content (AvgIpc) is 3.18. The highest BCUT2D eigenvalue weighted by Crippen LogP contribution is 2.32. The van der Waals surface area contributed by atoms with E-state index in [1.807, 2.05) is 47.8 Å². The molecule has 0 N–H and O–H groups in total. The van der Waals surface area contributed by atoms with E-state index in [1.54, 1.807) is 0 Å². The van der Waals surface area contributed by atoms with Crippen LogP contribution in [0.1, 0.15) is 47.1 Å². The summed E-state index contributed by atoms with van der Waals surface area (Å²) in [5.41, 5.74) is 3.60. The van der Waals surface area contributed by atoms with Crippen LogP contribution in [0.5, 0.6) is 0 Å². The predicted octanol–water partition coefficient (Wildman–Crippen LogP) is 2.93. The second kappa shape index (κ2) is 8.53. The van der Waals surface area contributed by atoms with Crippen molar-refractivity contribution in [1.82, 2.24) is 24.2 Å². The number of pyridine rings is 2. The smallest absolute Gasteiger partial charge is 0.274 e. The van der Waals surface area contributed by atoms with Crippen molar-refractivity contribution >= 4 is 11.6 Å². The number of nitrogens with zero attached hydrogens (tertiary/aromatic N) is 5. The SMILES string of the molecule is O=C(c1nc2ccccn2c1CN1CCCCC1c1cccnc1)N1CCOCC1. The Bertz CT molecular complexity index is 1010. The number of carbonyl (C=O) groups excluding carboxylic acids is 1. The molecule has 1 amide bonds. The average molecular weight is 406 g/mol. The number of fused-ring (bicyclic) bond motifs is 1. The Morgan fingerprint density at radius 2 is 2.00 bits per heavy atom. The number of imidazole rings is 1. The van der Waals surface area contributed by atoms with E-state index in [9.17, 15) is 4.79 Å². The lowest BCUT2D eigenvalue weighted by Gasteiger charge is -2.36. The number of rotatable bonds is 4. The normalized spacial score (nSPS) is 20.5. The summed E-state index contributed by atoms with van der Waals surface area (Å²) in [6.45, 7) is 4.11. The first-order chi connectivity index (χ1) is 14.8. The highest BCUT2D eigenvalue weighted by molar-refractivity contribution is 5.94. The van der Waals surface area contributed by atoms with Crippen LogP contribution in [0.3, 0.4) is 0 Å². The number of morpholine rings is 1. The van der Waals surface area contributed by atoms with Crippen molar-refractivity contribution in [3.63, 3.8) is 0 Å². The molecular weight excluding hydrogens is 378 g/mol. The summed E-state index contributed by atoms with van der Waals surface area (Å²) in [6.07, 6.45) is 9.28. The van der Waals surface area contributed by atoms with Crippen LogP contribution in [-0.2, 0) is 11.3 Å². The zero-order valence-corrected chi connectivity index (χ0v) is 17.1. The molecule has 2 saturated heterocycles. The summed E-state index contributed by atoms with van der Waals surface area (Å²) in [5, 5.41) is 0. The van der Waals surface area contributed by atoms with Gasteiger partial charge in [-0.2, -0.15) is 0 Å². The first-order valence-corrected chi connectivity index (χ1v) is 10.8. The number of amides is 1. The van der Waals surface area contributed by atoms with Gasteiger partial charge in [-0.25, -0.2) is 4.98 Å². The van der Waals surface area contributed by atoms with Crippen molar-refractivity contribution in [3.8, 4) is 0 Å². The zero-order valence-electron chi connectivity index (χ0n) is 17.1. The standard InChI is InChI=1S/C23H27N5O2/c29-23(26-12-14-30-15-13-26)22-20(28-11-4-2-8-21(28)25-22)17-27-10-3-1-7-19(27)18-6-5-9-24-16-18/h2,4-6,8-9,11,16,19H,1,3,7,10,12-15,17H2. The van der Waals surface area contributed by atoms with Crippen molar-refractivity contribution in [2.45, 2.75) is 31.8 Å². The molecule has 1 atom stereocenters. The Morgan fingerprint density at radius 3 is 2.83 bits per heavy atom. The highest BCUT2D eigenvalue weighted by atomic mass is 16.5. The summed E-state index contributed by atoms with van der Waals surface area (Å²) < 4.78 is 7.50.